The van der Waals surface area contributed by atoms with Crippen molar-refractivity contribution in [2.75, 3.05) is 13.6 Å². The SMILES string of the molecule is Cc1cc(C)n2ncc(CN(C)CCc3scnc3C)c2n1. The van der Waals surface area contributed by atoms with E-state index in [4.69, 9.17) is 0 Å². The highest BCUT2D eigenvalue weighted by atomic mass is 32.1. The van der Waals surface area contributed by atoms with Crippen molar-refractivity contribution in [1.29, 1.82) is 0 Å². The van der Waals surface area contributed by atoms with Gasteiger partial charge in [-0.25, -0.2) is 14.5 Å². The molecule has 0 unspecified atom stereocenters. The van der Waals surface area contributed by atoms with Gasteiger partial charge in [0.2, 0.25) is 0 Å². The second-order valence-corrected chi connectivity index (χ2v) is 6.73. The van der Waals surface area contributed by atoms with Gasteiger partial charge in [0.15, 0.2) is 5.65 Å². The van der Waals surface area contributed by atoms with Crippen LogP contribution in [0.15, 0.2) is 17.8 Å². The molecule has 22 heavy (non-hydrogen) atoms. The Labute approximate surface area is 134 Å². The Kier molecular flexibility index (Phi) is 4.22. The summed E-state index contributed by atoms with van der Waals surface area (Å²) in [5.41, 5.74) is 7.38. The number of aromatic nitrogens is 4. The van der Waals surface area contributed by atoms with Gasteiger partial charge in [0.1, 0.15) is 0 Å². The number of likely N-dealkylation sites (N-methyl/N-ethyl adjacent to an activating group) is 1. The molecule has 3 aromatic rings. The van der Waals surface area contributed by atoms with Gasteiger partial charge in [-0.1, -0.05) is 0 Å². The lowest BCUT2D eigenvalue weighted by Gasteiger charge is -2.15. The van der Waals surface area contributed by atoms with Crippen molar-refractivity contribution in [3.8, 4) is 0 Å². The van der Waals surface area contributed by atoms with Crippen molar-refractivity contribution in [3.05, 3.63) is 45.3 Å². The number of rotatable bonds is 5. The topological polar surface area (TPSA) is 46.3 Å². The highest BCUT2D eigenvalue weighted by Gasteiger charge is 2.11. The first kappa shape index (κ1) is 15.1. The summed E-state index contributed by atoms with van der Waals surface area (Å²) in [6, 6.07) is 2.06. The Morgan fingerprint density at radius 2 is 2.09 bits per heavy atom. The van der Waals surface area contributed by atoms with E-state index in [2.05, 4.69) is 46.9 Å². The van der Waals surface area contributed by atoms with E-state index in [1.54, 1.807) is 11.3 Å². The zero-order chi connectivity index (χ0) is 15.7. The van der Waals surface area contributed by atoms with Crippen LogP contribution < -0.4 is 0 Å². The van der Waals surface area contributed by atoms with E-state index < -0.39 is 0 Å². The third-order valence-corrected chi connectivity index (χ3v) is 4.85. The molecule has 0 atom stereocenters. The molecular weight excluding hydrogens is 294 g/mol. The molecule has 3 heterocycles. The van der Waals surface area contributed by atoms with E-state index in [1.165, 1.54) is 10.4 Å². The van der Waals surface area contributed by atoms with Gasteiger partial charge in [0.25, 0.3) is 0 Å². The molecular formula is C16H21N5S. The van der Waals surface area contributed by atoms with E-state index in [0.29, 0.717) is 0 Å². The zero-order valence-corrected chi connectivity index (χ0v) is 14.3. The minimum Gasteiger partial charge on any atom is -0.302 e. The van der Waals surface area contributed by atoms with Crippen LogP contribution in [0.1, 0.15) is 27.5 Å². The van der Waals surface area contributed by atoms with Gasteiger partial charge >= 0.3 is 0 Å². The maximum Gasteiger partial charge on any atom is 0.159 e. The van der Waals surface area contributed by atoms with E-state index in [0.717, 1.165) is 42.2 Å². The number of fused-ring (bicyclic) bond motifs is 1. The predicted octanol–water partition coefficient (Wildman–Crippen LogP) is 2.79. The quantitative estimate of drug-likeness (QED) is 0.726. The molecule has 0 bridgehead atoms. The van der Waals surface area contributed by atoms with Crippen LogP contribution in [-0.2, 0) is 13.0 Å². The van der Waals surface area contributed by atoms with Gasteiger partial charge < -0.3 is 4.90 Å². The van der Waals surface area contributed by atoms with Crippen molar-refractivity contribution >= 4 is 17.0 Å². The van der Waals surface area contributed by atoms with E-state index in [1.807, 2.05) is 23.1 Å². The summed E-state index contributed by atoms with van der Waals surface area (Å²) in [6.07, 6.45) is 2.97. The van der Waals surface area contributed by atoms with Crippen LogP contribution in [0.2, 0.25) is 0 Å². The second kappa shape index (κ2) is 6.14. The maximum atomic E-state index is 4.64. The predicted molar refractivity (Wildman–Crippen MR) is 89.4 cm³/mol. The zero-order valence-electron chi connectivity index (χ0n) is 13.5. The minimum atomic E-state index is 0.858. The average molecular weight is 315 g/mol. The summed E-state index contributed by atoms with van der Waals surface area (Å²) in [5.74, 6) is 0. The summed E-state index contributed by atoms with van der Waals surface area (Å²) >= 11 is 1.74. The molecule has 0 saturated carbocycles. The van der Waals surface area contributed by atoms with Crippen LogP contribution >= 0.6 is 11.3 Å². The molecule has 0 saturated heterocycles. The fourth-order valence-electron chi connectivity index (χ4n) is 2.66. The first-order valence-electron chi connectivity index (χ1n) is 7.43. The fourth-order valence-corrected chi connectivity index (χ4v) is 3.43. The van der Waals surface area contributed by atoms with Crippen molar-refractivity contribution in [3.63, 3.8) is 0 Å². The largest absolute Gasteiger partial charge is 0.302 e. The molecule has 3 rings (SSSR count). The van der Waals surface area contributed by atoms with Gasteiger partial charge in [0, 0.05) is 34.9 Å². The van der Waals surface area contributed by atoms with Crippen LogP contribution in [-0.4, -0.2) is 38.1 Å². The Hall–Kier alpha value is -1.79. The number of thiazole rings is 1. The Morgan fingerprint density at radius 1 is 1.27 bits per heavy atom. The van der Waals surface area contributed by atoms with Crippen LogP contribution in [0.3, 0.4) is 0 Å². The van der Waals surface area contributed by atoms with E-state index in [-0.39, 0.29) is 0 Å². The van der Waals surface area contributed by atoms with Crippen molar-refractivity contribution in [1.82, 2.24) is 24.5 Å². The van der Waals surface area contributed by atoms with Gasteiger partial charge in [-0.15, -0.1) is 11.3 Å². The molecule has 0 N–H and O–H groups in total. The molecule has 0 aromatic carbocycles. The molecule has 116 valence electrons. The van der Waals surface area contributed by atoms with Crippen molar-refractivity contribution < 1.29 is 0 Å². The third kappa shape index (κ3) is 3.03. The number of hydrogen-bond acceptors (Lipinski definition) is 5. The summed E-state index contributed by atoms with van der Waals surface area (Å²) in [5, 5.41) is 4.46. The lowest BCUT2D eigenvalue weighted by atomic mass is 10.2. The van der Waals surface area contributed by atoms with E-state index in [9.17, 15) is 0 Å². The number of hydrogen-bond donors (Lipinski definition) is 0. The molecule has 0 spiro atoms. The van der Waals surface area contributed by atoms with Crippen LogP contribution in [0.5, 0.6) is 0 Å². The Bertz CT molecular complexity index is 789. The third-order valence-electron chi connectivity index (χ3n) is 3.86. The smallest absolute Gasteiger partial charge is 0.159 e. The maximum absolute atomic E-state index is 4.64. The molecule has 0 aliphatic carbocycles. The highest BCUT2D eigenvalue weighted by molar-refractivity contribution is 7.09. The molecule has 0 radical (unpaired) electrons. The molecule has 5 nitrogen and oxygen atoms in total. The van der Waals surface area contributed by atoms with Crippen LogP contribution in [0, 0.1) is 20.8 Å². The standard InChI is InChI=1S/C16H21N5S/c1-11-7-12(2)21-16(19-11)14(8-18-21)9-20(4)6-5-15-13(3)17-10-22-15/h7-8,10H,5-6,9H2,1-4H3. The lowest BCUT2D eigenvalue weighted by molar-refractivity contribution is 0.332. The van der Waals surface area contributed by atoms with Crippen LogP contribution in [0.4, 0.5) is 0 Å². The fraction of sp³-hybridized carbons (Fsp3) is 0.438. The molecule has 0 aliphatic rings. The molecule has 0 amide bonds. The average Bonchev–Trinajstić information content (AvgIpc) is 3.04. The first-order valence-corrected chi connectivity index (χ1v) is 8.31. The summed E-state index contributed by atoms with van der Waals surface area (Å²) in [4.78, 5) is 12.6. The van der Waals surface area contributed by atoms with Gasteiger partial charge in [-0.3, -0.25) is 0 Å². The molecule has 3 aromatic heterocycles. The molecule has 0 aliphatic heterocycles. The number of nitrogens with zero attached hydrogens (tertiary/aromatic N) is 5. The summed E-state index contributed by atoms with van der Waals surface area (Å²) < 4.78 is 1.92. The van der Waals surface area contributed by atoms with Crippen LogP contribution in [0.25, 0.3) is 5.65 Å². The molecule has 0 fully saturated rings. The van der Waals surface area contributed by atoms with Crippen molar-refractivity contribution in [2.24, 2.45) is 0 Å². The van der Waals surface area contributed by atoms with Gasteiger partial charge in [-0.2, -0.15) is 5.10 Å². The Balaban J connectivity index is 1.71. The second-order valence-electron chi connectivity index (χ2n) is 5.79. The summed E-state index contributed by atoms with van der Waals surface area (Å²) in [7, 11) is 2.14. The minimum absolute atomic E-state index is 0.858. The van der Waals surface area contributed by atoms with E-state index >= 15 is 0 Å². The summed E-state index contributed by atoms with van der Waals surface area (Å²) in [6.45, 7) is 8.03. The Morgan fingerprint density at radius 3 is 2.82 bits per heavy atom. The van der Waals surface area contributed by atoms with Crippen molar-refractivity contribution in [2.45, 2.75) is 33.7 Å². The highest BCUT2D eigenvalue weighted by Crippen LogP contribution is 2.16. The van der Waals surface area contributed by atoms with Gasteiger partial charge in [-0.05, 0) is 40.3 Å². The van der Waals surface area contributed by atoms with Gasteiger partial charge in [0.05, 0.1) is 17.4 Å². The lowest BCUT2D eigenvalue weighted by Crippen LogP contribution is -2.20. The number of aryl methyl sites for hydroxylation is 3. The first-order chi connectivity index (χ1) is 10.5. The normalized spacial score (nSPS) is 11.7. The monoisotopic (exact) mass is 315 g/mol. The molecule has 6 heteroatoms.